The van der Waals surface area contributed by atoms with Gasteiger partial charge in [0.25, 0.3) is 6.02 Å². The molecule has 0 bridgehead atoms. The Morgan fingerprint density at radius 1 is 0.951 bits per heavy atom. The van der Waals surface area contributed by atoms with Crippen LogP contribution in [0.4, 0.5) is 21.6 Å². The van der Waals surface area contributed by atoms with Crippen molar-refractivity contribution in [3.8, 4) is 11.5 Å². The fourth-order valence-corrected chi connectivity index (χ4v) is 3.99. The molecule has 1 aliphatic heterocycles. The number of aliphatic imine (C=N–C) groups is 1. The average molecular weight is 559 g/mol. The normalized spacial score (nSPS) is 13.3. The van der Waals surface area contributed by atoms with E-state index in [0.29, 0.717) is 52.1 Å². The van der Waals surface area contributed by atoms with Crippen LogP contribution in [0.1, 0.15) is 47.1 Å². The number of pyridine rings is 1. The van der Waals surface area contributed by atoms with Gasteiger partial charge >= 0.3 is 0 Å². The Kier molecular flexibility index (Phi) is 8.96. The SMILES string of the molecule is CC.CC.Cc1c(Oc2ccn3ncnc3c2)ccc(Nc2ncnc3ccc(NC4=NC(C)(C)CO4)cc23)c1F. The third-order valence-corrected chi connectivity index (χ3v) is 5.92. The number of aromatic nitrogens is 5. The number of halogens is 1. The van der Waals surface area contributed by atoms with Gasteiger partial charge in [-0.15, -0.1) is 0 Å². The average Bonchev–Trinajstić information content (AvgIpc) is 3.60. The number of fused-ring (bicyclic) bond motifs is 2. The molecule has 5 aromatic rings. The van der Waals surface area contributed by atoms with Gasteiger partial charge in [0.2, 0.25) is 0 Å². The summed E-state index contributed by atoms with van der Waals surface area (Å²) in [5.74, 6) is 0.946. The van der Waals surface area contributed by atoms with Crippen LogP contribution >= 0.6 is 0 Å². The summed E-state index contributed by atoms with van der Waals surface area (Å²) in [6, 6.07) is 12.9. The molecule has 0 unspecified atom stereocenters. The van der Waals surface area contributed by atoms with Gasteiger partial charge in [-0.1, -0.05) is 27.7 Å². The molecule has 2 N–H and O–H groups in total. The molecule has 0 atom stereocenters. The Balaban J connectivity index is 0.000000929. The number of amidine groups is 1. The largest absolute Gasteiger partial charge is 0.462 e. The zero-order chi connectivity index (χ0) is 29.6. The minimum absolute atomic E-state index is 0.265. The quantitative estimate of drug-likeness (QED) is 0.231. The van der Waals surface area contributed by atoms with E-state index in [0.717, 1.165) is 5.69 Å². The second-order valence-corrected chi connectivity index (χ2v) is 9.30. The topological polar surface area (TPSA) is 111 Å². The highest BCUT2D eigenvalue weighted by Crippen LogP contribution is 2.33. The van der Waals surface area contributed by atoms with E-state index in [-0.39, 0.29) is 11.2 Å². The Labute approximate surface area is 238 Å². The van der Waals surface area contributed by atoms with Crippen LogP contribution in [-0.2, 0) is 4.74 Å². The maximum absolute atomic E-state index is 15.4. The molecule has 0 radical (unpaired) electrons. The maximum atomic E-state index is 15.4. The van der Waals surface area contributed by atoms with Crippen molar-refractivity contribution in [3.05, 3.63) is 72.7 Å². The summed E-state index contributed by atoms with van der Waals surface area (Å²) in [5.41, 5.74) is 2.44. The molecule has 0 amide bonds. The van der Waals surface area contributed by atoms with Crippen molar-refractivity contribution in [3.63, 3.8) is 0 Å². The molecule has 3 aromatic heterocycles. The summed E-state index contributed by atoms with van der Waals surface area (Å²) >= 11 is 0. The van der Waals surface area contributed by atoms with E-state index in [2.05, 4.69) is 35.7 Å². The number of anilines is 3. The molecule has 41 heavy (non-hydrogen) atoms. The summed E-state index contributed by atoms with van der Waals surface area (Å²) in [7, 11) is 0. The predicted molar refractivity (Wildman–Crippen MR) is 161 cm³/mol. The van der Waals surface area contributed by atoms with Crippen molar-refractivity contribution in [1.29, 1.82) is 0 Å². The Morgan fingerprint density at radius 2 is 1.76 bits per heavy atom. The van der Waals surface area contributed by atoms with Gasteiger partial charge < -0.3 is 20.1 Å². The van der Waals surface area contributed by atoms with Crippen molar-refractivity contribution < 1.29 is 13.9 Å². The third kappa shape index (κ3) is 6.51. The lowest BCUT2D eigenvalue weighted by Crippen LogP contribution is -2.17. The van der Waals surface area contributed by atoms with E-state index in [4.69, 9.17) is 9.47 Å². The first-order valence-electron chi connectivity index (χ1n) is 13.6. The van der Waals surface area contributed by atoms with Gasteiger partial charge in [-0.05, 0) is 57.2 Å². The second-order valence-electron chi connectivity index (χ2n) is 9.30. The van der Waals surface area contributed by atoms with E-state index in [1.54, 1.807) is 41.9 Å². The van der Waals surface area contributed by atoms with Gasteiger partial charge in [0.1, 0.15) is 36.6 Å². The zero-order valence-electron chi connectivity index (χ0n) is 24.4. The van der Waals surface area contributed by atoms with E-state index in [1.165, 1.54) is 12.7 Å². The number of nitrogens with zero attached hydrogens (tertiary/aromatic N) is 6. The van der Waals surface area contributed by atoms with Crippen LogP contribution in [0.5, 0.6) is 11.5 Å². The fraction of sp³-hybridized carbons (Fsp3) is 0.300. The van der Waals surface area contributed by atoms with Crippen LogP contribution in [0.15, 0.2) is 66.3 Å². The number of nitrogens with one attached hydrogen (secondary N) is 2. The molecule has 10 nitrogen and oxygen atoms in total. The van der Waals surface area contributed by atoms with Gasteiger partial charge in [0.15, 0.2) is 11.5 Å². The van der Waals surface area contributed by atoms with E-state index < -0.39 is 5.82 Å². The molecule has 11 heteroatoms. The van der Waals surface area contributed by atoms with Crippen molar-refractivity contribution >= 4 is 39.8 Å². The van der Waals surface area contributed by atoms with Crippen LogP contribution in [0.3, 0.4) is 0 Å². The zero-order valence-corrected chi connectivity index (χ0v) is 24.4. The summed E-state index contributed by atoms with van der Waals surface area (Å²) in [4.78, 5) is 17.4. The van der Waals surface area contributed by atoms with Crippen LogP contribution in [0, 0.1) is 12.7 Å². The lowest BCUT2D eigenvalue weighted by molar-refractivity contribution is 0.278. The smallest absolute Gasteiger partial charge is 0.289 e. The minimum Gasteiger partial charge on any atom is -0.462 e. The van der Waals surface area contributed by atoms with Crippen molar-refractivity contribution in [2.45, 2.75) is 54.0 Å². The maximum Gasteiger partial charge on any atom is 0.289 e. The highest BCUT2D eigenvalue weighted by molar-refractivity contribution is 5.97. The lowest BCUT2D eigenvalue weighted by Gasteiger charge is -2.14. The molecule has 1 aliphatic rings. The third-order valence-electron chi connectivity index (χ3n) is 5.92. The fourth-order valence-electron chi connectivity index (χ4n) is 3.99. The van der Waals surface area contributed by atoms with Crippen molar-refractivity contribution in [2.75, 3.05) is 17.2 Å². The number of ether oxygens (including phenoxy) is 2. The van der Waals surface area contributed by atoms with E-state index >= 15 is 4.39 Å². The number of hydrogen-bond donors (Lipinski definition) is 2. The second kappa shape index (κ2) is 12.6. The molecular weight excluding hydrogens is 523 g/mol. The molecular formula is C30H35FN8O2. The summed E-state index contributed by atoms with van der Waals surface area (Å²) in [5, 5.41) is 11.1. The van der Waals surface area contributed by atoms with Gasteiger partial charge in [-0.25, -0.2) is 28.9 Å². The first kappa shape index (κ1) is 29.2. The van der Waals surface area contributed by atoms with Gasteiger partial charge in [0.05, 0.1) is 16.7 Å². The molecule has 0 aliphatic carbocycles. The molecule has 0 fully saturated rings. The van der Waals surface area contributed by atoms with Gasteiger partial charge in [0, 0.05) is 28.9 Å². The molecule has 0 saturated heterocycles. The van der Waals surface area contributed by atoms with Gasteiger partial charge in [-0.3, -0.25) is 0 Å². The monoisotopic (exact) mass is 558 g/mol. The molecule has 6 rings (SSSR count). The Hall–Kier alpha value is -4.80. The highest BCUT2D eigenvalue weighted by Gasteiger charge is 2.26. The first-order chi connectivity index (χ1) is 19.8. The number of rotatable bonds is 5. The Bertz CT molecular complexity index is 1680. The predicted octanol–water partition coefficient (Wildman–Crippen LogP) is 7.29. The molecule has 4 heterocycles. The molecule has 0 saturated carbocycles. The van der Waals surface area contributed by atoms with Crippen molar-refractivity contribution in [1.82, 2.24) is 24.6 Å². The summed E-state index contributed by atoms with van der Waals surface area (Å²) < 4.78 is 28.6. The Morgan fingerprint density at radius 3 is 2.51 bits per heavy atom. The summed E-state index contributed by atoms with van der Waals surface area (Å²) in [6.45, 7) is 14.2. The highest BCUT2D eigenvalue weighted by atomic mass is 19.1. The standard InChI is InChI=1S/C26H23FN8O2.2C2H6/c1-15-21(37-17-8-9-35-22(11-17)29-14-31-35)7-6-20(23(15)27)33-24-18-10-16(4-5-19(18)28-13-30-24)32-25-34-26(2,3)12-36-25;2*1-2/h4-11,13-14H,12H2,1-3H3,(H,32,34)(H,28,30,33);2*1-2H3. The van der Waals surface area contributed by atoms with Crippen molar-refractivity contribution in [2.24, 2.45) is 4.99 Å². The summed E-state index contributed by atoms with van der Waals surface area (Å²) in [6.07, 6.45) is 4.62. The van der Waals surface area contributed by atoms with Crippen LogP contribution < -0.4 is 15.4 Å². The minimum atomic E-state index is -0.446. The van der Waals surface area contributed by atoms with Crippen LogP contribution in [0.2, 0.25) is 0 Å². The van der Waals surface area contributed by atoms with E-state index in [1.807, 2.05) is 59.7 Å². The number of benzene rings is 2. The van der Waals surface area contributed by atoms with Crippen LogP contribution in [0.25, 0.3) is 16.6 Å². The first-order valence-corrected chi connectivity index (χ1v) is 13.6. The number of hydrogen-bond acceptors (Lipinski definition) is 9. The molecule has 0 spiro atoms. The van der Waals surface area contributed by atoms with Crippen LogP contribution in [-0.4, -0.2) is 42.7 Å². The molecule has 2 aromatic carbocycles. The lowest BCUT2D eigenvalue weighted by atomic mass is 10.1. The van der Waals surface area contributed by atoms with E-state index in [9.17, 15) is 0 Å². The van der Waals surface area contributed by atoms with Gasteiger partial charge in [-0.2, -0.15) is 5.10 Å². The molecule has 214 valence electrons.